The molecule has 3 heteroatoms. The predicted octanol–water partition coefficient (Wildman–Crippen LogP) is 3.93. The summed E-state index contributed by atoms with van der Waals surface area (Å²) in [7, 11) is 0. The Morgan fingerprint density at radius 2 is 2.10 bits per heavy atom. The molecular formula is C17H30N2O. The third-order valence-corrected chi connectivity index (χ3v) is 4.18. The zero-order valence-electron chi connectivity index (χ0n) is 13.5. The van der Waals surface area contributed by atoms with Gasteiger partial charge in [0, 0.05) is 23.7 Å². The third-order valence-electron chi connectivity index (χ3n) is 4.18. The van der Waals surface area contributed by atoms with Crippen LogP contribution in [-0.4, -0.2) is 23.0 Å². The van der Waals surface area contributed by atoms with Crippen LogP contribution in [-0.2, 0) is 13.1 Å². The van der Waals surface area contributed by atoms with Crippen LogP contribution in [0.2, 0.25) is 0 Å². The van der Waals surface area contributed by atoms with Crippen molar-refractivity contribution >= 4 is 0 Å². The zero-order chi connectivity index (χ0) is 14.6. The van der Waals surface area contributed by atoms with E-state index in [1.54, 1.807) is 0 Å². The number of nitrogens with zero attached hydrogens (tertiary/aromatic N) is 1. The van der Waals surface area contributed by atoms with Crippen LogP contribution in [0.1, 0.15) is 64.7 Å². The van der Waals surface area contributed by atoms with E-state index in [0.717, 1.165) is 18.8 Å². The minimum Gasteiger partial charge on any atom is -0.468 e. The number of furan rings is 1. The smallest absolute Gasteiger partial charge is 0.122 e. The molecule has 0 bridgehead atoms. The maximum absolute atomic E-state index is 5.74. The lowest BCUT2D eigenvalue weighted by Crippen LogP contribution is -2.36. The molecule has 1 atom stereocenters. The van der Waals surface area contributed by atoms with Crippen LogP contribution in [0.4, 0.5) is 0 Å². The Labute approximate surface area is 123 Å². The highest BCUT2D eigenvalue weighted by Gasteiger charge is 2.20. The minimum absolute atomic E-state index is 0.143. The van der Waals surface area contributed by atoms with Crippen LogP contribution < -0.4 is 5.32 Å². The van der Waals surface area contributed by atoms with Crippen LogP contribution >= 0.6 is 0 Å². The van der Waals surface area contributed by atoms with Gasteiger partial charge in [-0.3, -0.25) is 4.90 Å². The molecule has 3 nitrogen and oxygen atoms in total. The highest BCUT2D eigenvalue weighted by Crippen LogP contribution is 2.21. The molecule has 2 heterocycles. The molecule has 0 aromatic carbocycles. The van der Waals surface area contributed by atoms with Crippen molar-refractivity contribution in [3.63, 3.8) is 0 Å². The number of hydrogen-bond acceptors (Lipinski definition) is 3. The second-order valence-electron chi connectivity index (χ2n) is 7.14. The van der Waals surface area contributed by atoms with Crippen molar-refractivity contribution in [2.24, 2.45) is 0 Å². The molecular weight excluding hydrogens is 248 g/mol. The quantitative estimate of drug-likeness (QED) is 0.904. The largest absolute Gasteiger partial charge is 0.468 e. The Hall–Kier alpha value is -0.800. The normalized spacial score (nSPS) is 21.9. The molecule has 114 valence electrons. The zero-order valence-corrected chi connectivity index (χ0v) is 13.5. The molecule has 1 fully saturated rings. The van der Waals surface area contributed by atoms with Crippen molar-refractivity contribution in [3.05, 3.63) is 23.7 Å². The number of likely N-dealkylation sites (tertiary alicyclic amines) is 1. The topological polar surface area (TPSA) is 28.4 Å². The molecule has 20 heavy (non-hydrogen) atoms. The average molecular weight is 278 g/mol. The monoisotopic (exact) mass is 278 g/mol. The summed E-state index contributed by atoms with van der Waals surface area (Å²) in [5.74, 6) is 1.13. The maximum Gasteiger partial charge on any atom is 0.122 e. The van der Waals surface area contributed by atoms with Gasteiger partial charge in [-0.2, -0.15) is 0 Å². The molecule has 0 spiro atoms. The Morgan fingerprint density at radius 3 is 2.85 bits per heavy atom. The van der Waals surface area contributed by atoms with Crippen molar-refractivity contribution in [2.75, 3.05) is 6.54 Å². The summed E-state index contributed by atoms with van der Waals surface area (Å²) < 4.78 is 5.74. The highest BCUT2D eigenvalue weighted by molar-refractivity contribution is 5.17. The first-order valence-electron chi connectivity index (χ1n) is 8.00. The van der Waals surface area contributed by atoms with Crippen molar-refractivity contribution in [2.45, 2.75) is 78.0 Å². The molecule has 1 aliphatic rings. The average Bonchev–Trinajstić information content (AvgIpc) is 2.71. The first kappa shape index (κ1) is 15.6. The number of hydrogen-bond donors (Lipinski definition) is 1. The van der Waals surface area contributed by atoms with Gasteiger partial charge in [-0.05, 0) is 53.1 Å². The van der Waals surface area contributed by atoms with Gasteiger partial charge < -0.3 is 9.73 Å². The summed E-state index contributed by atoms with van der Waals surface area (Å²) in [5.41, 5.74) is 1.45. The SMILES string of the molecule is CC1CCCCCN1Cc1occc1CNC(C)(C)C. The van der Waals surface area contributed by atoms with Crippen LogP contribution in [0.25, 0.3) is 0 Å². The molecule has 1 aromatic heterocycles. The van der Waals surface area contributed by atoms with Crippen molar-refractivity contribution in [3.8, 4) is 0 Å². The minimum atomic E-state index is 0.143. The van der Waals surface area contributed by atoms with E-state index in [0.29, 0.717) is 6.04 Å². The lowest BCUT2D eigenvalue weighted by Gasteiger charge is -2.26. The first-order chi connectivity index (χ1) is 9.46. The molecule has 1 aromatic rings. The lowest BCUT2D eigenvalue weighted by molar-refractivity contribution is 0.188. The van der Waals surface area contributed by atoms with Gasteiger partial charge >= 0.3 is 0 Å². The van der Waals surface area contributed by atoms with Gasteiger partial charge in [0.25, 0.3) is 0 Å². The van der Waals surface area contributed by atoms with Crippen LogP contribution in [0.5, 0.6) is 0 Å². The van der Waals surface area contributed by atoms with Gasteiger partial charge in [0.05, 0.1) is 12.8 Å². The Bertz CT molecular complexity index is 405. The van der Waals surface area contributed by atoms with E-state index in [2.05, 4.69) is 44.0 Å². The summed E-state index contributed by atoms with van der Waals surface area (Å²) in [6.45, 7) is 12.0. The molecule has 1 saturated heterocycles. The fourth-order valence-electron chi connectivity index (χ4n) is 2.78. The fourth-order valence-corrected chi connectivity index (χ4v) is 2.78. The van der Waals surface area contributed by atoms with E-state index in [1.165, 1.54) is 37.8 Å². The van der Waals surface area contributed by atoms with E-state index in [9.17, 15) is 0 Å². The van der Waals surface area contributed by atoms with E-state index in [1.807, 2.05) is 6.26 Å². The number of rotatable bonds is 4. The summed E-state index contributed by atoms with van der Waals surface area (Å²) in [6, 6.07) is 2.78. The van der Waals surface area contributed by atoms with Crippen LogP contribution in [0, 0.1) is 0 Å². The van der Waals surface area contributed by atoms with Crippen LogP contribution in [0.3, 0.4) is 0 Å². The maximum atomic E-state index is 5.74. The summed E-state index contributed by atoms with van der Waals surface area (Å²) in [4.78, 5) is 2.58. The molecule has 0 amide bonds. The van der Waals surface area contributed by atoms with Crippen molar-refractivity contribution in [1.29, 1.82) is 0 Å². The van der Waals surface area contributed by atoms with Crippen molar-refractivity contribution < 1.29 is 4.42 Å². The Balaban J connectivity index is 1.97. The molecule has 0 saturated carbocycles. The van der Waals surface area contributed by atoms with E-state index < -0.39 is 0 Å². The Kier molecular flexibility index (Phi) is 5.28. The lowest BCUT2D eigenvalue weighted by atomic mass is 10.1. The summed E-state index contributed by atoms with van der Waals surface area (Å²) in [5, 5.41) is 3.55. The second-order valence-corrected chi connectivity index (χ2v) is 7.14. The van der Waals surface area contributed by atoms with Crippen molar-refractivity contribution in [1.82, 2.24) is 10.2 Å². The van der Waals surface area contributed by atoms with Gasteiger partial charge in [-0.15, -0.1) is 0 Å². The van der Waals surface area contributed by atoms with Gasteiger partial charge in [0.2, 0.25) is 0 Å². The highest BCUT2D eigenvalue weighted by atomic mass is 16.3. The molecule has 2 rings (SSSR count). The van der Waals surface area contributed by atoms with E-state index in [4.69, 9.17) is 4.42 Å². The predicted molar refractivity (Wildman–Crippen MR) is 83.6 cm³/mol. The Morgan fingerprint density at radius 1 is 1.30 bits per heavy atom. The van der Waals surface area contributed by atoms with Crippen LogP contribution in [0.15, 0.2) is 16.7 Å². The second kappa shape index (κ2) is 6.77. The molecule has 0 radical (unpaired) electrons. The molecule has 1 aliphatic heterocycles. The van der Waals surface area contributed by atoms with Gasteiger partial charge in [-0.1, -0.05) is 12.8 Å². The van der Waals surface area contributed by atoms with Gasteiger partial charge in [-0.25, -0.2) is 0 Å². The molecule has 1 unspecified atom stereocenters. The van der Waals surface area contributed by atoms with Gasteiger partial charge in [0.1, 0.15) is 5.76 Å². The third kappa shape index (κ3) is 4.64. The molecule has 0 aliphatic carbocycles. The van der Waals surface area contributed by atoms with Gasteiger partial charge in [0.15, 0.2) is 0 Å². The number of nitrogens with one attached hydrogen (secondary N) is 1. The van der Waals surface area contributed by atoms with E-state index >= 15 is 0 Å². The summed E-state index contributed by atoms with van der Waals surface area (Å²) >= 11 is 0. The first-order valence-corrected chi connectivity index (χ1v) is 8.00. The standard InChI is InChI=1S/C17H30N2O/c1-14-8-6-5-7-10-19(14)13-16-15(9-11-20-16)12-18-17(2,3)4/h9,11,14,18H,5-8,10,12-13H2,1-4H3. The fraction of sp³-hybridized carbons (Fsp3) is 0.765. The molecule has 1 N–H and O–H groups in total. The summed E-state index contributed by atoms with van der Waals surface area (Å²) in [6.07, 6.45) is 7.21. The van der Waals surface area contributed by atoms with E-state index in [-0.39, 0.29) is 5.54 Å².